The molecule has 0 aliphatic carbocycles. The number of carbonyl (C=O) groups excluding carboxylic acids is 1. The monoisotopic (exact) mass is 497 g/mol. The molecule has 2 aromatic heterocycles. The van der Waals surface area contributed by atoms with Crippen molar-refractivity contribution in [2.45, 2.75) is 20.0 Å². The number of nitrogens with zero attached hydrogens (tertiary/aromatic N) is 4. The summed E-state index contributed by atoms with van der Waals surface area (Å²) in [5.41, 5.74) is 0.313. The maximum absolute atomic E-state index is 13.0. The van der Waals surface area contributed by atoms with Crippen LogP contribution < -0.4 is 21.7 Å². The Morgan fingerprint density at radius 1 is 1.11 bits per heavy atom. The lowest BCUT2D eigenvalue weighted by Crippen LogP contribution is -2.49. The predicted molar refractivity (Wildman–Crippen MR) is 125 cm³/mol. The van der Waals surface area contributed by atoms with Gasteiger partial charge in [0.15, 0.2) is 0 Å². The van der Waals surface area contributed by atoms with Crippen LogP contribution in [0.1, 0.15) is 23.0 Å². The van der Waals surface area contributed by atoms with E-state index in [1.54, 1.807) is 55.5 Å². The van der Waals surface area contributed by atoms with Crippen molar-refractivity contribution in [1.29, 1.82) is 0 Å². The van der Waals surface area contributed by atoms with E-state index in [9.17, 15) is 14.4 Å². The zero-order valence-electron chi connectivity index (χ0n) is 18.7. The Kier molecular flexibility index (Phi) is 6.97. The zero-order chi connectivity index (χ0) is 24.9. The smallest absolute Gasteiger partial charge is 0.377 e. The fourth-order valence-electron chi connectivity index (χ4n) is 3.17. The average Bonchev–Trinajstić information content (AvgIpc) is 3.32. The molecule has 4 aromatic rings. The lowest BCUT2D eigenvalue weighted by Gasteiger charge is -2.10. The van der Waals surface area contributed by atoms with Gasteiger partial charge in [-0.1, -0.05) is 23.7 Å². The van der Waals surface area contributed by atoms with Gasteiger partial charge in [-0.2, -0.15) is 0 Å². The van der Waals surface area contributed by atoms with Gasteiger partial charge in [0, 0.05) is 11.6 Å². The second-order valence-corrected chi connectivity index (χ2v) is 7.66. The molecule has 180 valence electrons. The highest BCUT2D eigenvalue weighted by molar-refractivity contribution is 6.30. The number of esters is 1. The Bertz CT molecular complexity index is 1530. The molecule has 0 bridgehead atoms. The van der Waals surface area contributed by atoms with Crippen LogP contribution in [-0.2, 0) is 17.8 Å². The summed E-state index contributed by atoms with van der Waals surface area (Å²) in [5.74, 6) is -0.293. The summed E-state index contributed by atoms with van der Waals surface area (Å²) in [6.45, 7) is 2.10. The number of rotatable bonds is 7. The van der Waals surface area contributed by atoms with Gasteiger partial charge in [0.05, 0.1) is 25.4 Å². The van der Waals surface area contributed by atoms with Crippen molar-refractivity contribution in [3.63, 3.8) is 0 Å². The van der Waals surface area contributed by atoms with Crippen LogP contribution in [0.5, 0.6) is 11.6 Å². The summed E-state index contributed by atoms with van der Waals surface area (Å²) >= 11 is 5.96. The third-order valence-corrected chi connectivity index (χ3v) is 5.17. The number of halogens is 1. The number of aromatic nitrogens is 4. The first kappa shape index (κ1) is 23.8. The first-order valence-electron chi connectivity index (χ1n) is 10.4. The molecule has 0 amide bonds. The van der Waals surface area contributed by atoms with Gasteiger partial charge in [0.1, 0.15) is 5.75 Å². The molecule has 0 fully saturated rings. The van der Waals surface area contributed by atoms with Crippen LogP contribution in [0.2, 0.25) is 5.02 Å². The lowest BCUT2D eigenvalue weighted by atomic mass is 10.2. The normalized spacial score (nSPS) is 11.5. The Morgan fingerprint density at radius 3 is 2.49 bits per heavy atom. The minimum atomic E-state index is -0.674. The van der Waals surface area contributed by atoms with Crippen LogP contribution in [0.25, 0.3) is 0 Å². The molecule has 0 aliphatic heterocycles. The van der Waals surface area contributed by atoms with Gasteiger partial charge in [0.25, 0.3) is 5.88 Å². The third-order valence-electron chi connectivity index (χ3n) is 4.92. The van der Waals surface area contributed by atoms with E-state index >= 15 is 0 Å². The average molecular weight is 498 g/mol. The van der Waals surface area contributed by atoms with Crippen molar-refractivity contribution in [1.82, 2.24) is 19.3 Å². The highest BCUT2D eigenvalue weighted by Crippen LogP contribution is 2.23. The highest BCUT2D eigenvalue weighted by Gasteiger charge is 2.14. The number of H-pyrrole nitrogens is 1. The quantitative estimate of drug-likeness (QED) is 0.388. The molecule has 0 unspecified atom stereocenters. The fourth-order valence-corrected chi connectivity index (χ4v) is 3.30. The number of aromatic amines is 1. The number of carbonyl (C=O) groups is 1. The van der Waals surface area contributed by atoms with Crippen LogP contribution in [0, 0.1) is 0 Å². The van der Waals surface area contributed by atoms with Crippen LogP contribution in [-0.4, -0.2) is 32.4 Å². The number of hydrogen-bond donors (Lipinski definition) is 1. The summed E-state index contributed by atoms with van der Waals surface area (Å²) in [6, 6.07) is 14.8. The Morgan fingerprint density at radius 2 is 1.83 bits per heavy atom. The molecule has 12 heteroatoms. The molecule has 2 heterocycles. The van der Waals surface area contributed by atoms with Crippen LogP contribution >= 0.6 is 11.6 Å². The molecule has 35 heavy (non-hydrogen) atoms. The van der Waals surface area contributed by atoms with Gasteiger partial charge in [-0.15, -0.1) is 0 Å². The standard InChI is InChI=1S/C23H20ClN5O6/c1-3-28-22(31)26-21(29(23(28)32)13-14-4-6-15(24)7-5-14)25-16-8-10-17(11-9-16)34-19-12-18(35-27-19)20(30)33-2/h4-12H,3,13H2,1-2H3,(H,25,26,31). The van der Waals surface area contributed by atoms with E-state index in [4.69, 9.17) is 20.9 Å². The largest absolute Gasteiger partial charge is 0.463 e. The van der Waals surface area contributed by atoms with Crippen molar-refractivity contribution in [3.05, 3.63) is 97.5 Å². The molecule has 4 rings (SSSR count). The molecule has 0 aliphatic rings. The van der Waals surface area contributed by atoms with E-state index in [1.165, 1.54) is 17.7 Å². The second kappa shape index (κ2) is 10.3. The first-order chi connectivity index (χ1) is 16.9. The molecule has 11 nitrogen and oxygen atoms in total. The van der Waals surface area contributed by atoms with Crippen molar-refractivity contribution in [3.8, 4) is 11.6 Å². The van der Waals surface area contributed by atoms with E-state index in [2.05, 4.69) is 19.9 Å². The maximum atomic E-state index is 13.0. The van der Waals surface area contributed by atoms with Crippen LogP contribution in [0.3, 0.4) is 0 Å². The number of benzene rings is 2. The molecule has 0 saturated heterocycles. The van der Waals surface area contributed by atoms with Gasteiger partial charge in [-0.05, 0) is 54.0 Å². The summed E-state index contributed by atoms with van der Waals surface area (Å²) in [7, 11) is 1.23. The van der Waals surface area contributed by atoms with Gasteiger partial charge in [-0.25, -0.2) is 23.9 Å². The Balaban J connectivity index is 1.66. The second-order valence-electron chi connectivity index (χ2n) is 7.22. The van der Waals surface area contributed by atoms with Crippen LogP contribution in [0.4, 0.5) is 5.69 Å². The number of hydrogen-bond acceptors (Lipinski definition) is 8. The van der Waals surface area contributed by atoms with Gasteiger partial charge in [0.2, 0.25) is 11.4 Å². The van der Waals surface area contributed by atoms with Gasteiger partial charge >= 0.3 is 17.3 Å². The van der Waals surface area contributed by atoms with E-state index in [-0.39, 0.29) is 30.3 Å². The van der Waals surface area contributed by atoms with Crippen molar-refractivity contribution < 1.29 is 18.8 Å². The maximum Gasteiger partial charge on any atom is 0.377 e. The highest BCUT2D eigenvalue weighted by atomic mass is 35.5. The zero-order valence-corrected chi connectivity index (χ0v) is 19.5. The lowest BCUT2D eigenvalue weighted by molar-refractivity contribution is 0.0554. The molecular weight excluding hydrogens is 478 g/mol. The fraction of sp³-hybridized carbons (Fsp3) is 0.174. The Labute approximate surface area is 202 Å². The van der Waals surface area contributed by atoms with Crippen molar-refractivity contribution in [2.24, 2.45) is 4.99 Å². The van der Waals surface area contributed by atoms with E-state index in [0.29, 0.717) is 16.5 Å². The Hall–Kier alpha value is -4.38. The predicted octanol–water partition coefficient (Wildman–Crippen LogP) is 2.86. The summed E-state index contributed by atoms with van der Waals surface area (Å²) < 4.78 is 17.4. The molecule has 1 N–H and O–H groups in total. The summed E-state index contributed by atoms with van der Waals surface area (Å²) in [5, 5.41) is 4.23. The molecule has 0 spiro atoms. The first-order valence-corrected chi connectivity index (χ1v) is 10.8. The third kappa shape index (κ3) is 5.41. The molecule has 0 saturated carbocycles. The molecule has 0 atom stereocenters. The minimum absolute atomic E-state index is 0.0726. The minimum Gasteiger partial charge on any atom is -0.463 e. The topological polar surface area (TPSA) is 134 Å². The van der Waals surface area contributed by atoms with Crippen molar-refractivity contribution in [2.75, 3.05) is 7.11 Å². The van der Waals surface area contributed by atoms with Crippen LogP contribution in [0.15, 0.2) is 73.7 Å². The number of ether oxygens (including phenoxy) is 2. The van der Waals surface area contributed by atoms with Crippen molar-refractivity contribution >= 4 is 23.3 Å². The molecular formula is C23H20ClN5O6. The molecule has 2 aromatic carbocycles. The van der Waals surface area contributed by atoms with E-state index in [0.717, 1.165) is 10.1 Å². The summed E-state index contributed by atoms with van der Waals surface area (Å²) in [4.78, 5) is 44.0. The van der Waals surface area contributed by atoms with Gasteiger partial charge in [-0.3, -0.25) is 9.55 Å². The van der Waals surface area contributed by atoms with E-state index in [1.807, 2.05) is 0 Å². The van der Waals surface area contributed by atoms with Gasteiger partial charge < -0.3 is 14.0 Å². The SMILES string of the molecule is CCn1c(=O)[nH]/c(=N\c2ccc(Oc3cc(C(=O)OC)on3)cc2)n(Cc2ccc(Cl)cc2)c1=O. The van der Waals surface area contributed by atoms with E-state index < -0.39 is 17.3 Å². The number of methoxy groups -OCH3 is 1. The number of nitrogens with one attached hydrogen (secondary N) is 1. The molecule has 0 radical (unpaired) electrons. The summed E-state index contributed by atoms with van der Waals surface area (Å²) in [6.07, 6.45) is 0.